The van der Waals surface area contributed by atoms with Crippen LogP contribution in [0.2, 0.25) is 0 Å². The Balaban J connectivity index is 3.07. The number of thioether (sulfide) groups is 1. The van der Waals surface area contributed by atoms with Crippen molar-refractivity contribution in [3.8, 4) is 0 Å². The Kier molecular flexibility index (Phi) is 2.67. The van der Waals surface area contributed by atoms with Crippen molar-refractivity contribution in [3.05, 3.63) is 10.6 Å². The normalized spacial score (nSPS) is 10.1. The topological polar surface area (TPSA) is 30.0 Å². The number of hydrogen-bond donors (Lipinski definition) is 0. The van der Waals surface area contributed by atoms with E-state index in [-0.39, 0.29) is 5.78 Å². The van der Waals surface area contributed by atoms with Crippen molar-refractivity contribution in [2.75, 3.05) is 6.26 Å². The number of hydrogen-bond acceptors (Lipinski definition) is 4. The number of aryl methyl sites for hydroxylation is 1. The average Bonchev–Trinajstić information content (AvgIpc) is 2.30. The van der Waals surface area contributed by atoms with Crippen molar-refractivity contribution in [3.63, 3.8) is 0 Å². The van der Waals surface area contributed by atoms with Gasteiger partial charge in [0.15, 0.2) is 10.1 Å². The summed E-state index contributed by atoms with van der Waals surface area (Å²) in [5, 5.41) is 0. The molecule has 1 aromatic rings. The van der Waals surface area contributed by atoms with Crippen molar-refractivity contribution < 1.29 is 4.79 Å². The van der Waals surface area contributed by atoms with Gasteiger partial charge in [-0.05, 0) is 13.2 Å². The summed E-state index contributed by atoms with van der Waals surface area (Å²) >= 11 is 3.05. The Bertz CT molecular complexity index is 280. The van der Waals surface area contributed by atoms with Crippen LogP contribution in [0.15, 0.2) is 4.34 Å². The van der Waals surface area contributed by atoms with Crippen LogP contribution in [0.3, 0.4) is 0 Å². The van der Waals surface area contributed by atoms with Gasteiger partial charge in [0.25, 0.3) is 0 Å². The number of ketones is 1. The van der Waals surface area contributed by atoms with Crippen LogP contribution in [-0.4, -0.2) is 17.0 Å². The van der Waals surface area contributed by atoms with Crippen LogP contribution < -0.4 is 0 Å². The number of rotatable bonds is 2. The molecular formula is C7H9NOS2. The molecule has 0 aliphatic heterocycles. The minimum atomic E-state index is 0.111. The van der Waals surface area contributed by atoms with Crippen molar-refractivity contribution >= 4 is 28.9 Å². The maximum absolute atomic E-state index is 11.0. The Morgan fingerprint density at radius 2 is 2.27 bits per heavy atom. The molecule has 0 saturated heterocycles. The fourth-order valence-electron chi connectivity index (χ4n) is 0.786. The second-order valence-corrected chi connectivity index (χ2v) is 4.21. The molecule has 0 unspecified atom stereocenters. The quantitative estimate of drug-likeness (QED) is 0.526. The zero-order chi connectivity index (χ0) is 8.43. The number of nitrogens with zero attached hydrogens (tertiary/aromatic N) is 1. The zero-order valence-electron chi connectivity index (χ0n) is 6.67. The van der Waals surface area contributed by atoms with Gasteiger partial charge in [0.1, 0.15) is 0 Å². The number of carbonyl (C=O) groups excluding carboxylic acids is 1. The fraction of sp³-hybridized carbons (Fsp3) is 0.429. The van der Waals surface area contributed by atoms with Crippen LogP contribution in [0.4, 0.5) is 0 Å². The molecule has 0 fully saturated rings. The van der Waals surface area contributed by atoms with E-state index in [9.17, 15) is 4.79 Å². The lowest BCUT2D eigenvalue weighted by Crippen LogP contribution is -1.89. The first-order valence-corrected chi connectivity index (χ1v) is 5.21. The fourth-order valence-corrected chi connectivity index (χ4v) is 2.29. The molecule has 0 amide bonds. The monoisotopic (exact) mass is 187 g/mol. The molecule has 1 aromatic heterocycles. The van der Waals surface area contributed by atoms with Crippen molar-refractivity contribution in [1.82, 2.24) is 4.98 Å². The first-order valence-electron chi connectivity index (χ1n) is 3.17. The van der Waals surface area contributed by atoms with Crippen molar-refractivity contribution in [2.24, 2.45) is 0 Å². The Hall–Kier alpha value is -0.350. The molecule has 0 aliphatic rings. The third-order valence-corrected chi connectivity index (χ3v) is 3.51. The summed E-state index contributed by atoms with van der Waals surface area (Å²) in [7, 11) is 0. The molecule has 0 atom stereocenters. The van der Waals surface area contributed by atoms with Crippen LogP contribution >= 0.6 is 23.1 Å². The molecule has 11 heavy (non-hydrogen) atoms. The average molecular weight is 187 g/mol. The summed E-state index contributed by atoms with van der Waals surface area (Å²) in [5.41, 5.74) is 0.854. The van der Waals surface area contributed by atoms with Gasteiger partial charge < -0.3 is 0 Å². The van der Waals surface area contributed by atoms with Gasteiger partial charge in [-0.25, -0.2) is 4.98 Å². The van der Waals surface area contributed by atoms with Gasteiger partial charge in [0, 0.05) is 6.92 Å². The van der Waals surface area contributed by atoms with E-state index in [0.29, 0.717) is 0 Å². The van der Waals surface area contributed by atoms with E-state index in [1.165, 1.54) is 11.3 Å². The maximum Gasteiger partial charge on any atom is 0.171 e. The van der Waals surface area contributed by atoms with E-state index in [0.717, 1.165) is 14.9 Å². The smallest absolute Gasteiger partial charge is 0.171 e. The molecule has 60 valence electrons. The molecule has 0 saturated carbocycles. The minimum absolute atomic E-state index is 0.111. The lowest BCUT2D eigenvalue weighted by atomic mass is 10.3. The Morgan fingerprint density at radius 1 is 1.64 bits per heavy atom. The lowest BCUT2D eigenvalue weighted by molar-refractivity contribution is 0.102. The third-order valence-electron chi connectivity index (χ3n) is 1.27. The predicted octanol–water partition coefficient (Wildman–Crippen LogP) is 2.38. The van der Waals surface area contributed by atoms with E-state index in [4.69, 9.17) is 0 Å². The van der Waals surface area contributed by atoms with Crippen LogP contribution in [0, 0.1) is 6.92 Å². The van der Waals surface area contributed by atoms with E-state index in [2.05, 4.69) is 4.98 Å². The van der Waals surface area contributed by atoms with Gasteiger partial charge in [-0.3, -0.25) is 4.79 Å². The van der Waals surface area contributed by atoms with Gasteiger partial charge in [0.05, 0.1) is 10.6 Å². The van der Waals surface area contributed by atoms with Crippen LogP contribution in [0.25, 0.3) is 0 Å². The first-order chi connectivity index (χ1) is 5.15. The standard InChI is InChI=1S/C7H9NOS2/c1-4-6(5(2)9)11-7(8-4)10-3/h1-3H3. The highest BCUT2D eigenvalue weighted by molar-refractivity contribution is 8.00. The number of carbonyl (C=O) groups is 1. The highest BCUT2D eigenvalue weighted by Crippen LogP contribution is 2.25. The van der Waals surface area contributed by atoms with E-state index in [1.807, 2.05) is 13.2 Å². The predicted molar refractivity (Wildman–Crippen MR) is 48.6 cm³/mol. The van der Waals surface area contributed by atoms with Gasteiger partial charge >= 0.3 is 0 Å². The first kappa shape index (κ1) is 8.74. The lowest BCUT2D eigenvalue weighted by Gasteiger charge is -1.85. The highest BCUT2D eigenvalue weighted by atomic mass is 32.2. The number of Topliss-reactive ketones (excluding diaryl/α,β-unsaturated/α-hetero) is 1. The van der Waals surface area contributed by atoms with Gasteiger partial charge in [0.2, 0.25) is 0 Å². The molecule has 1 rings (SSSR count). The molecule has 2 nitrogen and oxygen atoms in total. The summed E-state index contributed by atoms with van der Waals surface area (Å²) in [5.74, 6) is 0.111. The van der Waals surface area contributed by atoms with Gasteiger partial charge in [-0.2, -0.15) is 0 Å². The molecule has 0 aliphatic carbocycles. The molecule has 0 aromatic carbocycles. The van der Waals surface area contributed by atoms with E-state index >= 15 is 0 Å². The molecule has 4 heteroatoms. The van der Waals surface area contributed by atoms with E-state index < -0.39 is 0 Å². The van der Waals surface area contributed by atoms with Crippen LogP contribution in [0.5, 0.6) is 0 Å². The highest BCUT2D eigenvalue weighted by Gasteiger charge is 2.09. The SMILES string of the molecule is CSc1nc(C)c(C(C)=O)s1. The molecule has 0 radical (unpaired) electrons. The number of thiazole rings is 1. The Morgan fingerprint density at radius 3 is 2.55 bits per heavy atom. The van der Waals surface area contributed by atoms with Crippen molar-refractivity contribution in [1.29, 1.82) is 0 Å². The zero-order valence-corrected chi connectivity index (χ0v) is 8.30. The van der Waals surface area contributed by atoms with Gasteiger partial charge in [-0.1, -0.05) is 11.8 Å². The molecular weight excluding hydrogens is 178 g/mol. The summed E-state index contributed by atoms with van der Waals surface area (Å²) in [4.78, 5) is 16.0. The second kappa shape index (κ2) is 3.36. The molecule has 1 heterocycles. The van der Waals surface area contributed by atoms with Gasteiger partial charge in [-0.15, -0.1) is 11.3 Å². The third kappa shape index (κ3) is 1.81. The van der Waals surface area contributed by atoms with E-state index in [1.54, 1.807) is 18.7 Å². The summed E-state index contributed by atoms with van der Waals surface area (Å²) in [6.45, 7) is 3.44. The molecule has 0 spiro atoms. The number of aromatic nitrogens is 1. The van der Waals surface area contributed by atoms with Crippen LogP contribution in [0.1, 0.15) is 22.3 Å². The summed E-state index contributed by atoms with van der Waals surface area (Å²) in [6, 6.07) is 0. The maximum atomic E-state index is 11.0. The summed E-state index contributed by atoms with van der Waals surface area (Å²) in [6.07, 6.45) is 1.96. The van der Waals surface area contributed by atoms with Crippen molar-refractivity contribution in [2.45, 2.75) is 18.2 Å². The second-order valence-electron chi connectivity index (χ2n) is 2.15. The molecule has 0 bridgehead atoms. The summed E-state index contributed by atoms with van der Waals surface area (Å²) < 4.78 is 0.965. The van der Waals surface area contributed by atoms with Crippen LogP contribution in [-0.2, 0) is 0 Å². The largest absolute Gasteiger partial charge is 0.294 e. The Labute approximate surface area is 74.0 Å². The molecule has 0 N–H and O–H groups in total. The minimum Gasteiger partial charge on any atom is -0.294 e.